The Bertz CT molecular complexity index is 353. The van der Waals surface area contributed by atoms with Crippen LogP contribution < -0.4 is 9.47 Å². The summed E-state index contributed by atoms with van der Waals surface area (Å²) in [4.78, 5) is 0. The van der Waals surface area contributed by atoms with Gasteiger partial charge in [0.05, 0.1) is 19.1 Å². The summed E-state index contributed by atoms with van der Waals surface area (Å²) >= 11 is 0. The molecule has 0 amide bonds. The van der Waals surface area contributed by atoms with Crippen LogP contribution in [-0.4, -0.2) is 12.7 Å². The zero-order valence-electron chi connectivity index (χ0n) is 10.5. The second-order valence-corrected chi connectivity index (χ2v) is 3.83. The highest BCUT2D eigenvalue weighted by Gasteiger charge is 2.07. The summed E-state index contributed by atoms with van der Waals surface area (Å²) in [7, 11) is 0. The lowest BCUT2D eigenvalue weighted by atomic mass is 10.2. The van der Waals surface area contributed by atoms with E-state index in [1.54, 1.807) is 0 Å². The lowest BCUT2D eigenvalue weighted by Crippen LogP contribution is -2.14. The van der Waals surface area contributed by atoms with Gasteiger partial charge in [-0.15, -0.1) is 0 Å². The predicted octanol–water partition coefficient (Wildman–Crippen LogP) is 3.55. The Morgan fingerprint density at radius 3 is 2.35 bits per heavy atom. The van der Waals surface area contributed by atoms with Gasteiger partial charge in [-0.3, -0.25) is 0 Å². The van der Waals surface area contributed by atoms with E-state index < -0.39 is 0 Å². The molecule has 3 heteroatoms. The first kappa shape index (κ1) is 13.4. The summed E-state index contributed by atoms with van der Waals surface area (Å²) in [6, 6.07) is 9.67. The van der Waals surface area contributed by atoms with Crippen molar-refractivity contribution < 1.29 is 9.47 Å². The van der Waals surface area contributed by atoms with Crippen LogP contribution in [-0.2, 0) is 0 Å². The van der Waals surface area contributed by atoms with Gasteiger partial charge in [0.2, 0.25) is 0 Å². The van der Waals surface area contributed by atoms with Crippen LogP contribution in [0, 0.1) is 11.3 Å². The fourth-order valence-electron chi connectivity index (χ4n) is 1.40. The highest BCUT2D eigenvalue weighted by molar-refractivity contribution is 5.31. The van der Waals surface area contributed by atoms with Crippen LogP contribution in [0.25, 0.3) is 0 Å². The van der Waals surface area contributed by atoms with E-state index in [4.69, 9.17) is 14.7 Å². The lowest BCUT2D eigenvalue weighted by molar-refractivity contribution is 0.202. The van der Waals surface area contributed by atoms with E-state index in [-0.39, 0.29) is 6.10 Å². The maximum absolute atomic E-state index is 8.64. The van der Waals surface area contributed by atoms with Crippen molar-refractivity contribution in [1.82, 2.24) is 0 Å². The fourth-order valence-corrected chi connectivity index (χ4v) is 1.40. The van der Waals surface area contributed by atoms with Crippen molar-refractivity contribution >= 4 is 0 Å². The smallest absolute Gasteiger partial charge is 0.120 e. The van der Waals surface area contributed by atoms with Crippen LogP contribution in [0.5, 0.6) is 11.5 Å². The highest BCUT2D eigenvalue weighted by Crippen LogP contribution is 2.20. The number of nitrogens with zero attached hydrogens (tertiary/aromatic N) is 1. The summed E-state index contributed by atoms with van der Waals surface area (Å²) in [6.45, 7) is 4.82. The third kappa shape index (κ3) is 4.78. The molecule has 1 aromatic rings. The number of hydrogen-bond donors (Lipinski definition) is 0. The van der Waals surface area contributed by atoms with Crippen LogP contribution in [0.1, 0.15) is 33.1 Å². The number of rotatable bonds is 7. The number of nitriles is 1. The minimum Gasteiger partial charge on any atom is -0.494 e. The molecule has 92 valence electrons. The van der Waals surface area contributed by atoms with Gasteiger partial charge in [0, 0.05) is 0 Å². The lowest BCUT2D eigenvalue weighted by Gasteiger charge is -2.14. The number of hydrogen-bond acceptors (Lipinski definition) is 3. The van der Waals surface area contributed by atoms with Crippen molar-refractivity contribution in [1.29, 1.82) is 5.26 Å². The van der Waals surface area contributed by atoms with Gasteiger partial charge >= 0.3 is 0 Å². The van der Waals surface area contributed by atoms with Gasteiger partial charge < -0.3 is 9.47 Å². The molecule has 0 bridgehead atoms. The van der Waals surface area contributed by atoms with Crippen molar-refractivity contribution in [3.8, 4) is 17.6 Å². The van der Waals surface area contributed by atoms with Crippen LogP contribution in [0.2, 0.25) is 0 Å². The Hall–Kier alpha value is -1.69. The van der Waals surface area contributed by atoms with Crippen molar-refractivity contribution in [2.24, 2.45) is 0 Å². The average Bonchev–Trinajstić information content (AvgIpc) is 2.37. The van der Waals surface area contributed by atoms with Gasteiger partial charge in [-0.1, -0.05) is 13.8 Å². The summed E-state index contributed by atoms with van der Waals surface area (Å²) in [5.74, 6) is 1.64. The van der Waals surface area contributed by atoms with Crippen LogP contribution in [0.15, 0.2) is 24.3 Å². The van der Waals surface area contributed by atoms with E-state index in [0.29, 0.717) is 6.42 Å². The number of benzene rings is 1. The Morgan fingerprint density at radius 1 is 1.18 bits per heavy atom. The molecule has 0 heterocycles. The van der Waals surface area contributed by atoms with Crippen molar-refractivity contribution in [2.45, 2.75) is 39.2 Å². The van der Waals surface area contributed by atoms with E-state index >= 15 is 0 Å². The quantitative estimate of drug-likeness (QED) is 0.723. The summed E-state index contributed by atoms with van der Waals surface area (Å²) in [5, 5.41) is 8.64. The van der Waals surface area contributed by atoms with E-state index in [1.807, 2.05) is 31.2 Å². The van der Waals surface area contributed by atoms with Gasteiger partial charge in [-0.05, 0) is 37.1 Å². The highest BCUT2D eigenvalue weighted by atomic mass is 16.5. The average molecular weight is 233 g/mol. The van der Waals surface area contributed by atoms with Crippen LogP contribution >= 0.6 is 0 Å². The summed E-state index contributed by atoms with van der Waals surface area (Å²) < 4.78 is 11.2. The van der Waals surface area contributed by atoms with Gasteiger partial charge in [0.1, 0.15) is 17.6 Å². The largest absolute Gasteiger partial charge is 0.494 e. The normalized spacial score (nSPS) is 11.6. The second kappa shape index (κ2) is 7.56. The van der Waals surface area contributed by atoms with Gasteiger partial charge in [-0.25, -0.2) is 0 Å². The fraction of sp³-hybridized carbons (Fsp3) is 0.500. The Labute approximate surface area is 103 Å². The molecule has 0 aliphatic carbocycles. The summed E-state index contributed by atoms with van der Waals surface area (Å²) in [5.41, 5.74) is 0. The third-order valence-electron chi connectivity index (χ3n) is 2.37. The molecule has 0 aliphatic rings. The molecule has 0 saturated heterocycles. The maximum Gasteiger partial charge on any atom is 0.120 e. The molecule has 17 heavy (non-hydrogen) atoms. The molecule has 0 aliphatic heterocycles. The first-order valence-electron chi connectivity index (χ1n) is 6.06. The van der Waals surface area contributed by atoms with Gasteiger partial charge in [-0.2, -0.15) is 5.26 Å². The molecular formula is C14H19NO2. The molecule has 3 nitrogen and oxygen atoms in total. The molecule has 1 atom stereocenters. The molecule has 1 unspecified atom stereocenters. The molecule has 0 aromatic heterocycles. The van der Waals surface area contributed by atoms with Crippen LogP contribution in [0.4, 0.5) is 0 Å². The summed E-state index contributed by atoms with van der Waals surface area (Å²) in [6.07, 6.45) is 2.23. The van der Waals surface area contributed by atoms with E-state index in [9.17, 15) is 0 Å². The minimum absolute atomic E-state index is 0.0255. The molecule has 1 aromatic carbocycles. The van der Waals surface area contributed by atoms with E-state index in [1.165, 1.54) is 0 Å². The standard InChI is InChI=1S/C14H19NO2/c1-3-11-16-13-5-7-14(8-6-13)17-12(4-2)9-10-15/h5-8,12H,3-4,9,11H2,1-2H3. The zero-order chi connectivity index (χ0) is 12.5. The van der Waals surface area contributed by atoms with Crippen molar-refractivity contribution in [3.63, 3.8) is 0 Å². The second-order valence-electron chi connectivity index (χ2n) is 3.83. The molecule has 1 rings (SSSR count). The monoisotopic (exact) mass is 233 g/mol. The van der Waals surface area contributed by atoms with Crippen LogP contribution in [0.3, 0.4) is 0 Å². The first-order chi connectivity index (χ1) is 8.30. The maximum atomic E-state index is 8.64. The molecule has 0 fully saturated rings. The SMILES string of the molecule is CCCOc1ccc(OC(CC)CC#N)cc1. The molecule has 0 N–H and O–H groups in total. The topological polar surface area (TPSA) is 42.2 Å². The Morgan fingerprint density at radius 2 is 1.82 bits per heavy atom. The predicted molar refractivity (Wildman–Crippen MR) is 67.2 cm³/mol. The minimum atomic E-state index is -0.0255. The molecular weight excluding hydrogens is 214 g/mol. The Balaban J connectivity index is 2.52. The molecule has 0 radical (unpaired) electrons. The number of ether oxygens (including phenoxy) is 2. The molecule has 0 spiro atoms. The first-order valence-corrected chi connectivity index (χ1v) is 6.06. The third-order valence-corrected chi connectivity index (χ3v) is 2.37. The van der Waals surface area contributed by atoms with E-state index in [0.717, 1.165) is 30.9 Å². The van der Waals surface area contributed by atoms with Gasteiger partial charge in [0.25, 0.3) is 0 Å². The zero-order valence-corrected chi connectivity index (χ0v) is 10.5. The van der Waals surface area contributed by atoms with E-state index in [2.05, 4.69) is 13.0 Å². The van der Waals surface area contributed by atoms with Crippen molar-refractivity contribution in [3.05, 3.63) is 24.3 Å². The Kier molecular flexibility index (Phi) is 5.95. The van der Waals surface area contributed by atoms with Gasteiger partial charge in [0.15, 0.2) is 0 Å². The van der Waals surface area contributed by atoms with Crippen molar-refractivity contribution in [2.75, 3.05) is 6.61 Å². The molecule has 0 saturated carbocycles.